The standard InChI is InChI=1S/C21H26F3N3O2S/c1-12-9-25-20(13(2)17(12)29-5,11-30-10-19(3,4)28)18-26-15-7-6-14(21(22,23)24)8-16(15)27-18/h6-9,25,28H,10-11H2,1-5H3,(H,26,27). The molecule has 3 N–H and O–H groups in total. The van der Waals surface area contributed by atoms with Gasteiger partial charge < -0.3 is 20.1 Å². The predicted molar refractivity (Wildman–Crippen MR) is 113 cm³/mol. The van der Waals surface area contributed by atoms with E-state index in [2.05, 4.69) is 15.3 Å². The molecule has 1 aromatic carbocycles. The second-order valence-corrected chi connectivity index (χ2v) is 9.14. The number of rotatable bonds is 6. The Labute approximate surface area is 177 Å². The highest BCUT2D eigenvalue weighted by Gasteiger charge is 2.41. The summed E-state index contributed by atoms with van der Waals surface area (Å²) in [6.45, 7) is 7.29. The van der Waals surface area contributed by atoms with Gasteiger partial charge in [-0.15, -0.1) is 0 Å². The van der Waals surface area contributed by atoms with Crippen molar-refractivity contribution in [2.24, 2.45) is 0 Å². The number of fused-ring (bicyclic) bond motifs is 1. The summed E-state index contributed by atoms with van der Waals surface area (Å²) in [6, 6.07) is 3.49. The summed E-state index contributed by atoms with van der Waals surface area (Å²) < 4.78 is 45.0. The number of aromatic amines is 1. The maximum Gasteiger partial charge on any atom is 0.416 e. The van der Waals surface area contributed by atoms with Crippen LogP contribution in [0.15, 0.2) is 41.3 Å². The van der Waals surface area contributed by atoms with Gasteiger partial charge in [-0.3, -0.25) is 0 Å². The van der Waals surface area contributed by atoms with Gasteiger partial charge >= 0.3 is 6.18 Å². The predicted octanol–water partition coefficient (Wildman–Crippen LogP) is 4.71. The Balaban J connectivity index is 2.10. The Bertz CT molecular complexity index is 1010. The van der Waals surface area contributed by atoms with Crippen molar-refractivity contribution in [2.45, 2.75) is 45.0 Å². The first kappa shape index (κ1) is 22.6. The summed E-state index contributed by atoms with van der Waals surface area (Å²) in [7, 11) is 1.59. The molecule has 1 atom stereocenters. The first-order valence-corrected chi connectivity index (χ1v) is 10.6. The van der Waals surface area contributed by atoms with Gasteiger partial charge in [0.25, 0.3) is 0 Å². The van der Waals surface area contributed by atoms with E-state index in [1.54, 1.807) is 21.0 Å². The van der Waals surface area contributed by atoms with E-state index in [4.69, 9.17) is 4.74 Å². The second-order valence-electron chi connectivity index (χ2n) is 8.16. The number of ether oxygens (including phenoxy) is 1. The Morgan fingerprint density at radius 1 is 1.23 bits per heavy atom. The number of imidazole rings is 1. The van der Waals surface area contributed by atoms with Gasteiger partial charge in [-0.25, -0.2) is 4.98 Å². The van der Waals surface area contributed by atoms with Gasteiger partial charge in [-0.1, -0.05) is 0 Å². The summed E-state index contributed by atoms with van der Waals surface area (Å²) in [5.41, 5.74) is 0.116. The molecule has 0 aliphatic carbocycles. The quantitative estimate of drug-likeness (QED) is 0.606. The number of benzene rings is 1. The minimum atomic E-state index is -4.43. The van der Waals surface area contributed by atoms with Crippen molar-refractivity contribution in [2.75, 3.05) is 18.6 Å². The van der Waals surface area contributed by atoms with Crippen molar-refractivity contribution in [1.29, 1.82) is 0 Å². The molecule has 1 aliphatic rings. The summed E-state index contributed by atoms with van der Waals surface area (Å²) >= 11 is 1.52. The zero-order valence-corrected chi connectivity index (χ0v) is 18.4. The van der Waals surface area contributed by atoms with Gasteiger partial charge in [0.05, 0.1) is 29.3 Å². The van der Waals surface area contributed by atoms with E-state index < -0.39 is 22.9 Å². The molecule has 0 bridgehead atoms. The Morgan fingerprint density at radius 2 is 1.93 bits per heavy atom. The molecule has 1 aliphatic heterocycles. The highest BCUT2D eigenvalue weighted by molar-refractivity contribution is 7.99. The van der Waals surface area contributed by atoms with Crippen molar-refractivity contribution in [3.63, 3.8) is 0 Å². The third kappa shape index (κ3) is 4.32. The van der Waals surface area contributed by atoms with Crippen LogP contribution < -0.4 is 5.32 Å². The summed E-state index contributed by atoms with van der Waals surface area (Å²) in [4.78, 5) is 7.72. The lowest BCUT2D eigenvalue weighted by atomic mass is 9.87. The lowest BCUT2D eigenvalue weighted by Crippen LogP contribution is -2.47. The van der Waals surface area contributed by atoms with Gasteiger partial charge in [0.1, 0.15) is 17.1 Å². The van der Waals surface area contributed by atoms with Gasteiger partial charge in [0, 0.05) is 28.9 Å². The number of H-pyrrole nitrogens is 1. The fourth-order valence-electron chi connectivity index (χ4n) is 3.51. The number of thioether (sulfide) groups is 1. The molecular formula is C21H26F3N3O2S. The highest BCUT2D eigenvalue weighted by Crippen LogP contribution is 2.40. The van der Waals surface area contributed by atoms with Crippen LogP contribution in [0.25, 0.3) is 11.0 Å². The molecule has 0 radical (unpaired) electrons. The zero-order chi connectivity index (χ0) is 22.3. The molecule has 30 heavy (non-hydrogen) atoms. The van der Waals surface area contributed by atoms with Crippen LogP contribution in [0.5, 0.6) is 0 Å². The van der Waals surface area contributed by atoms with E-state index >= 15 is 0 Å². The molecule has 1 aromatic heterocycles. The fraction of sp³-hybridized carbons (Fsp3) is 0.476. The van der Waals surface area contributed by atoms with Crippen LogP contribution in [0.1, 0.15) is 39.1 Å². The maximum atomic E-state index is 13.1. The van der Waals surface area contributed by atoms with E-state index in [9.17, 15) is 18.3 Å². The Kier molecular flexibility index (Phi) is 5.90. The van der Waals surface area contributed by atoms with Gasteiger partial charge in [-0.05, 0) is 45.9 Å². The Morgan fingerprint density at radius 3 is 2.53 bits per heavy atom. The maximum absolute atomic E-state index is 13.1. The first-order valence-electron chi connectivity index (χ1n) is 9.45. The number of allylic oxidation sites excluding steroid dienone is 1. The van der Waals surface area contributed by atoms with E-state index in [1.807, 2.05) is 20.0 Å². The van der Waals surface area contributed by atoms with Crippen molar-refractivity contribution in [1.82, 2.24) is 15.3 Å². The summed E-state index contributed by atoms with van der Waals surface area (Å²) in [5, 5.41) is 13.5. The number of halogens is 3. The number of methoxy groups -OCH3 is 1. The smallest absolute Gasteiger partial charge is 0.416 e. The molecular weight excluding hydrogens is 415 g/mol. The van der Waals surface area contributed by atoms with E-state index in [-0.39, 0.29) is 5.52 Å². The van der Waals surface area contributed by atoms with Crippen molar-refractivity contribution in [3.8, 4) is 0 Å². The molecule has 0 fully saturated rings. The number of nitrogens with zero attached hydrogens (tertiary/aromatic N) is 1. The minimum absolute atomic E-state index is 0.242. The van der Waals surface area contributed by atoms with Crippen molar-refractivity contribution < 1.29 is 23.0 Å². The third-order valence-electron chi connectivity index (χ3n) is 5.07. The van der Waals surface area contributed by atoms with Crippen LogP contribution in [0, 0.1) is 0 Å². The number of dihydropyridines is 1. The van der Waals surface area contributed by atoms with Crippen molar-refractivity contribution in [3.05, 3.63) is 52.7 Å². The molecule has 5 nitrogen and oxygen atoms in total. The summed E-state index contributed by atoms with van der Waals surface area (Å²) in [5.74, 6) is 2.17. The average molecular weight is 442 g/mol. The summed E-state index contributed by atoms with van der Waals surface area (Å²) in [6.07, 6.45) is -2.61. The molecule has 3 rings (SSSR count). The molecule has 0 saturated heterocycles. The normalized spacial score (nSPS) is 20.4. The molecule has 0 saturated carbocycles. The molecule has 2 heterocycles. The second kappa shape index (κ2) is 7.85. The monoisotopic (exact) mass is 441 g/mol. The molecule has 1 unspecified atom stereocenters. The molecule has 164 valence electrons. The SMILES string of the molecule is COC1=C(C)C(CSCC(C)(C)O)(c2nc3cc(C(F)(F)F)ccc3[nH]2)NC=C1C. The molecule has 9 heteroatoms. The van der Waals surface area contributed by atoms with Gasteiger partial charge in [-0.2, -0.15) is 24.9 Å². The first-order chi connectivity index (χ1) is 13.9. The van der Waals surface area contributed by atoms with Crippen molar-refractivity contribution >= 4 is 22.8 Å². The van der Waals surface area contributed by atoms with Crippen LogP contribution in [0.2, 0.25) is 0 Å². The van der Waals surface area contributed by atoms with Crippen LogP contribution in [-0.2, 0) is 16.5 Å². The minimum Gasteiger partial charge on any atom is -0.496 e. The van der Waals surface area contributed by atoms with Crippen LogP contribution in [-0.4, -0.2) is 39.3 Å². The lowest BCUT2D eigenvalue weighted by Gasteiger charge is -2.38. The van der Waals surface area contributed by atoms with E-state index in [1.165, 1.54) is 17.8 Å². The fourth-order valence-corrected chi connectivity index (χ4v) is 4.86. The third-order valence-corrected chi connectivity index (χ3v) is 6.61. The number of hydrogen-bond donors (Lipinski definition) is 3. The number of hydrogen-bond acceptors (Lipinski definition) is 5. The van der Waals surface area contributed by atoms with E-state index in [0.29, 0.717) is 28.6 Å². The Hall–Kier alpha value is -2.13. The molecule has 2 aromatic rings. The van der Waals surface area contributed by atoms with Crippen LogP contribution in [0.4, 0.5) is 13.2 Å². The topological polar surface area (TPSA) is 70.2 Å². The van der Waals surface area contributed by atoms with Crippen LogP contribution >= 0.6 is 11.8 Å². The number of aliphatic hydroxyl groups is 1. The lowest BCUT2D eigenvalue weighted by molar-refractivity contribution is -0.137. The van der Waals surface area contributed by atoms with Gasteiger partial charge in [0.2, 0.25) is 0 Å². The zero-order valence-electron chi connectivity index (χ0n) is 17.6. The van der Waals surface area contributed by atoms with Crippen LogP contribution in [0.3, 0.4) is 0 Å². The van der Waals surface area contributed by atoms with E-state index in [0.717, 1.165) is 23.3 Å². The number of alkyl halides is 3. The highest BCUT2D eigenvalue weighted by atomic mass is 32.2. The largest absolute Gasteiger partial charge is 0.496 e. The number of nitrogens with one attached hydrogen (secondary N) is 2. The van der Waals surface area contributed by atoms with Gasteiger partial charge in [0.15, 0.2) is 0 Å². The average Bonchev–Trinajstić information content (AvgIpc) is 3.06. The number of aromatic nitrogens is 2. The molecule has 0 spiro atoms. The molecule has 0 amide bonds.